The van der Waals surface area contributed by atoms with E-state index in [1.165, 1.54) is 0 Å². The summed E-state index contributed by atoms with van der Waals surface area (Å²) in [6.07, 6.45) is 3.52. The highest BCUT2D eigenvalue weighted by atomic mass is 16.5. The van der Waals surface area contributed by atoms with Gasteiger partial charge in [0.2, 0.25) is 0 Å². The fourth-order valence-electron chi connectivity index (χ4n) is 2.16. The van der Waals surface area contributed by atoms with E-state index in [1.54, 1.807) is 19.1 Å². The first-order valence-electron chi connectivity index (χ1n) is 6.25. The average molecular weight is 260 g/mol. The number of carboxylic acids is 1. The van der Waals surface area contributed by atoms with E-state index in [4.69, 9.17) is 9.84 Å². The van der Waals surface area contributed by atoms with Crippen LogP contribution in [0.3, 0.4) is 0 Å². The summed E-state index contributed by atoms with van der Waals surface area (Å²) in [5.74, 6) is -0.113. The molecule has 0 heterocycles. The molecule has 4 heteroatoms. The molecule has 0 atom stereocenters. The lowest BCUT2D eigenvalue weighted by Crippen LogP contribution is -2.11. The number of ether oxygens (including phenoxy) is 1. The molecule has 2 rings (SSSR count). The first kappa shape index (κ1) is 13.3. The van der Waals surface area contributed by atoms with Gasteiger partial charge in [0.25, 0.3) is 0 Å². The molecule has 0 amide bonds. The molecule has 1 N–H and O–H groups in total. The first-order chi connectivity index (χ1) is 9.06. The van der Waals surface area contributed by atoms with Crippen molar-refractivity contribution in [2.45, 2.75) is 26.2 Å². The van der Waals surface area contributed by atoms with Crippen molar-refractivity contribution in [1.82, 2.24) is 0 Å². The van der Waals surface area contributed by atoms with Gasteiger partial charge in [-0.15, -0.1) is 0 Å². The van der Waals surface area contributed by atoms with E-state index < -0.39 is 5.97 Å². The molecule has 100 valence electrons. The van der Waals surface area contributed by atoms with Gasteiger partial charge in [0.1, 0.15) is 12.4 Å². The van der Waals surface area contributed by atoms with Crippen molar-refractivity contribution < 1.29 is 19.4 Å². The summed E-state index contributed by atoms with van der Waals surface area (Å²) in [5.41, 5.74) is 2.45. The van der Waals surface area contributed by atoms with E-state index >= 15 is 0 Å². The van der Waals surface area contributed by atoms with Crippen LogP contribution in [-0.2, 0) is 11.2 Å². The molecular formula is C15H16O4. The van der Waals surface area contributed by atoms with Crippen molar-refractivity contribution in [3.8, 4) is 5.75 Å². The lowest BCUT2D eigenvalue weighted by molar-refractivity contribution is -0.131. The second-order valence-electron chi connectivity index (χ2n) is 4.71. The van der Waals surface area contributed by atoms with Crippen LogP contribution in [0.5, 0.6) is 5.75 Å². The van der Waals surface area contributed by atoms with E-state index in [9.17, 15) is 9.59 Å². The monoisotopic (exact) mass is 260 g/mol. The Balaban J connectivity index is 2.06. The molecule has 1 aliphatic rings. The topological polar surface area (TPSA) is 63.6 Å². The summed E-state index contributed by atoms with van der Waals surface area (Å²) in [4.78, 5) is 22.1. The Morgan fingerprint density at radius 3 is 2.95 bits per heavy atom. The molecule has 0 spiro atoms. The van der Waals surface area contributed by atoms with Crippen LogP contribution in [0.15, 0.2) is 29.8 Å². The van der Waals surface area contributed by atoms with E-state index in [0.717, 1.165) is 30.0 Å². The number of benzene rings is 1. The van der Waals surface area contributed by atoms with E-state index in [0.29, 0.717) is 17.7 Å². The third kappa shape index (κ3) is 3.44. The van der Waals surface area contributed by atoms with Crippen molar-refractivity contribution in [1.29, 1.82) is 0 Å². The Morgan fingerprint density at radius 1 is 1.42 bits per heavy atom. The van der Waals surface area contributed by atoms with Gasteiger partial charge in [-0.2, -0.15) is 0 Å². The van der Waals surface area contributed by atoms with E-state index in [2.05, 4.69) is 0 Å². The van der Waals surface area contributed by atoms with Gasteiger partial charge in [-0.05, 0) is 49.1 Å². The summed E-state index contributed by atoms with van der Waals surface area (Å²) in [7, 11) is 0. The number of Topliss-reactive ketones (excluding diaryl/α,β-unsaturated/α-hetero) is 1. The molecule has 0 unspecified atom stereocenters. The quantitative estimate of drug-likeness (QED) is 0.845. The summed E-state index contributed by atoms with van der Waals surface area (Å²) in [6, 6.07) is 5.43. The molecular weight excluding hydrogens is 244 g/mol. The molecule has 0 saturated heterocycles. The summed E-state index contributed by atoms with van der Waals surface area (Å²) < 4.78 is 5.53. The number of rotatable bonds is 4. The molecule has 1 aromatic carbocycles. The standard InChI is InChI=1S/C15H16O4/c1-10(7-15(17)18)9-19-12-5-6-13-11(8-12)3-2-4-14(13)16/h5-8H,2-4,9H2,1H3,(H,17,18). The molecule has 19 heavy (non-hydrogen) atoms. The van der Waals surface area contributed by atoms with Crippen LogP contribution in [0, 0.1) is 0 Å². The first-order valence-corrected chi connectivity index (χ1v) is 6.25. The summed E-state index contributed by atoms with van der Waals surface area (Å²) in [5, 5.41) is 8.60. The zero-order valence-electron chi connectivity index (χ0n) is 10.8. The van der Waals surface area contributed by atoms with Crippen LogP contribution in [0.4, 0.5) is 0 Å². The predicted molar refractivity (Wildman–Crippen MR) is 70.6 cm³/mol. The second-order valence-corrected chi connectivity index (χ2v) is 4.71. The third-order valence-electron chi connectivity index (χ3n) is 3.06. The van der Waals surface area contributed by atoms with Crippen LogP contribution in [-0.4, -0.2) is 23.5 Å². The number of fused-ring (bicyclic) bond motifs is 1. The highest BCUT2D eigenvalue weighted by molar-refractivity contribution is 5.98. The molecule has 1 aliphatic carbocycles. The maximum Gasteiger partial charge on any atom is 0.328 e. The minimum absolute atomic E-state index is 0.190. The van der Waals surface area contributed by atoms with Crippen LogP contribution in [0.1, 0.15) is 35.7 Å². The lowest BCUT2D eigenvalue weighted by Gasteiger charge is -2.16. The summed E-state index contributed by atoms with van der Waals surface area (Å²) in [6.45, 7) is 1.94. The van der Waals surface area contributed by atoms with Crippen LogP contribution >= 0.6 is 0 Å². The van der Waals surface area contributed by atoms with Crippen molar-refractivity contribution in [2.75, 3.05) is 6.61 Å². The molecule has 0 fully saturated rings. The van der Waals surface area contributed by atoms with E-state index in [-0.39, 0.29) is 12.4 Å². The highest BCUT2D eigenvalue weighted by Crippen LogP contribution is 2.25. The van der Waals surface area contributed by atoms with Crippen molar-refractivity contribution in [2.24, 2.45) is 0 Å². The molecule has 0 bridgehead atoms. The van der Waals surface area contributed by atoms with E-state index in [1.807, 2.05) is 6.07 Å². The SMILES string of the molecule is CC(=CC(=O)O)COc1ccc2c(c1)CCCC2=O. The average Bonchev–Trinajstić information content (AvgIpc) is 2.36. The number of aliphatic carboxylic acids is 1. The van der Waals surface area contributed by atoms with Crippen LogP contribution in [0.25, 0.3) is 0 Å². The molecule has 4 nitrogen and oxygen atoms in total. The zero-order chi connectivity index (χ0) is 13.8. The number of aryl methyl sites for hydroxylation is 1. The molecule has 0 aliphatic heterocycles. The van der Waals surface area contributed by atoms with Gasteiger partial charge in [0.05, 0.1) is 0 Å². The molecule has 0 saturated carbocycles. The van der Waals surface area contributed by atoms with Crippen molar-refractivity contribution >= 4 is 11.8 Å². The smallest absolute Gasteiger partial charge is 0.328 e. The Hall–Kier alpha value is -2.10. The molecule has 1 aromatic rings. The normalized spacial score (nSPS) is 15.0. The predicted octanol–water partition coefficient (Wildman–Crippen LogP) is 2.62. The van der Waals surface area contributed by atoms with Gasteiger partial charge in [-0.3, -0.25) is 4.79 Å². The minimum Gasteiger partial charge on any atom is -0.489 e. The number of carbonyl (C=O) groups is 2. The van der Waals surface area contributed by atoms with Gasteiger partial charge in [-0.25, -0.2) is 4.79 Å². The van der Waals surface area contributed by atoms with Gasteiger partial charge in [-0.1, -0.05) is 0 Å². The largest absolute Gasteiger partial charge is 0.489 e. The Kier molecular flexibility index (Phi) is 4.00. The second kappa shape index (κ2) is 5.69. The Labute approximate surface area is 111 Å². The fourth-order valence-corrected chi connectivity index (χ4v) is 2.16. The van der Waals surface area contributed by atoms with Crippen molar-refractivity contribution in [3.63, 3.8) is 0 Å². The van der Waals surface area contributed by atoms with Crippen LogP contribution in [0.2, 0.25) is 0 Å². The van der Waals surface area contributed by atoms with Crippen LogP contribution < -0.4 is 4.74 Å². The maximum atomic E-state index is 11.7. The van der Waals surface area contributed by atoms with Gasteiger partial charge in [0, 0.05) is 18.1 Å². The van der Waals surface area contributed by atoms with Crippen molar-refractivity contribution in [3.05, 3.63) is 41.0 Å². The number of carboxylic acid groups (broad SMARTS) is 1. The molecule has 0 radical (unpaired) electrons. The van der Waals surface area contributed by atoms with Gasteiger partial charge >= 0.3 is 5.97 Å². The Morgan fingerprint density at radius 2 is 2.21 bits per heavy atom. The molecule has 0 aromatic heterocycles. The minimum atomic E-state index is -0.975. The number of carbonyl (C=O) groups excluding carboxylic acids is 1. The lowest BCUT2D eigenvalue weighted by atomic mass is 9.90. The zero-order valence-corrected chi connectivity index (χ0v) is 10.8. The number of ketones is 1. The number of hydrogen-bond acceptors (Lipinski definition) is 3. The Bertz CT molecular complexity index is 543. The van der Waals surface area contributed by atoms with Gasteiger partial charge in [0.15, 0.2) is 5.78 Å². The number of hydrogen-bond donors (Lipinski definition) is 1. The fraction of sp³-hybridized carbons (Fsp3) is 0.333. The van der Waals surface area contributed by atoms with Gasteiger partial charge < -0.3 is 9.84 Å². The highest BCUT2D eigenvalue weighted by Gasteiger charge is 2.17. The maximum absolute atomic E-state index is 11.7. The third-order valence-corrected chi connectivity index (χ3v) is 3.06. The summed E-state index contributed by atoms with van der Waals surface area (Å²) >= 11 is 0.